The number of halogens is 1. The summed E-state index contributed by atoms with van der Waals surface area (Å²) in [6.07, 6.45) is 6.60. The van der Waals surface area contributed by atoms with E-state index < -0.39 is 10.0 Å². The van der Waals surface area contributed by atoms with Gasteiger partial charge in [0.25, 0.3) is 0 Å². The molecule has 1 fully saturated rings. The lowest BCUT2D eigenvalue weighted by atomic mass is 10.1. The maximum atomic E-state index is 13.0. The molecule has 0 saturated carbocycles. The number of nitrogens with zero attached hydrogens (tertiary/aromatic N) is 2. The van der Waals surface area contributed by atoms with Gasteiger partial charge >= 0.3 is 6.03 Å². The van der Waals surface area contributed by atoms with Crippen molar-refractivity contribution in [2.75, 3.05) is 19.6 Å². The van der Waals surface area contributed by atoms with Gasteiger partial charge in [-0.15, -0.1) is 0 Å². The summed E-state index contributed by atoms with van der Waals surface area (Å²) in [7, 11) is -3.63. The van der Waals surface area contributed by atoms with Crippen LogP contribution < -0.4 is 10.6 Å². The Bertz CT molecular complexity index is 907. The molecule has 0 aliphatic carbocycles. The molecule has 2 amide bonds. The fourth-order valence-corrected chi connectivity index (χ4v) is 5.19. The first-order valence-electron chi connectivity index (χ1n) is 9.65. The molecule has 156 valence electrons. The quantitative estimate of drug-likeness (QED) is 0.698. The molecule has 1 saturated heterocycles. The largest absolute Gasteiger partial charge is 0.338 e. The van der Waals surface area contributed by atoms with E-state index in [9.17, 15) is 13.2 Å². The Labute approximate surface area is 176 Å². The van der Waals surface area contributed by atoms with Crippen LogP contribution in [0.3, 0.4) is 0 Å². The standard InChI is InChI=1S/C20H25ClN4O3S/c21-17-6-8-19(9-7-17)29(27,28)25-13-2-1-5-18(25)15-24-20(26)23-12-10-16-4-3-11-22-14-16/h3-4,6-9,11,14,18H,1-2,5,10,12-13,15H2,(H2,23,24,26)/t18-/m1/s1. The Morgan fingerprint density at radius 1 is 1.17 bits per heavy atom. The van der Waals surface area contributed by atoms with Crippen molar-refractivity contribution in [3.63, 3.8) is 0 Å². The Kier molecular flexibility index (Phi) is 7.46. The third-order valence-corrected chi connectivity index (χ3v) is 7.13. The smallest absolute Gasteiger partial charge is 0.314 e. The van der Waals surface area contributed by atoms with Crippen molar-refractivity contribution in [2.24, 2.45) is 0 Å². The number of amides is 2. The van der Waals surface area contributed by atoms with E-state index in [1.165, 1.54) is 16.4 Å². The number of aromatic nitrogens is 1. The van der Waals surface area contributed by atoms with Crippen molar-refractivity contribution in [1.29, 1.82) is 0 Å². The van der Waals surface area contributed by atoms with E-state index in [-0.39, 0.29) is 23.5 Å². The third kappa shape index (κ3) is 5.91. The van der Waals surface area contributed by atoms with Gasteiger partial charge < -0.3 is 10.6 Å². The molecule has 2 aromatic rings. The molecule has 0 spiro atoms. The molecule has 1 atom stereocenters. The molecule has 0 bridgehead atoms. The van der Waals surface area contributed by atoms with E-state index in [1.807, 2.05) is 12.1 Å². The lowest BCUT2D eigenvalue weighted by molar-refractivity contribution is 0.224. The van der Waals surface area contributed by atoms with Crippen molar-refractivity contribution in [2.45, 2.75) is 36.6 Å². The fraction of sp³-hybridized carbons (Fsp3) is 0.400. The Hall–Kier alpha value is -2.16. The van der Waals surface area contributed by atoms with Crippen LogP contribution >= 0.6 is 11.6 Å². The highest BCUT2D eigenvalue weighted by molar-refractivity contribution is 7.89. The summed E-state index contributed by atoms with van der Waals surface area (Å²) in [5, 5.41) is 6.10. The maximum absolute atomic E-state index is 13.0. The molecule has 29 heavy (non-hydrogen) atoms. The zero-order valence-corrected chi connectivity index (χ0v) is 17.6. The highest BCUT2D eigenvalue weighted by Gasteiger charge is 2.33. The first-order valence-corrected chi connectivity index (χ1v) is 11.5. The lowest BCUT2D eigenvalue weighted by Crippen LogP contribution is -2.50. The van der Waals surface area contributed by atoms with Crippen LogP contribution in [-0.2, 0) is 16.4 Å². The number of rotatable bonds is 7. The molecular weight excluding hydrogens is 412 g/mol. The van der Waals surface area contributed by atoms with E-state index in [1.54, 1.807) is 24.5 Å². The minimum Gasteiger partial charge on any atom is -0.338 e. The maximum Gasteiger partial charge on any atom is 0.314 e. The second-order valence-corrected chi connectivity index (χ2v) is 9.29. The van der Waals surface area contributed by atoms with Gasteiger partial charge in [0.2, 0.25) is 10.0 Å². The number of hydrogen-bond donors (Lipinski definition) is 2. The van der Waals surface area contributed by atoms with Gasteiger partial charge in [0.1, 0.15) is 0 Å². The number of hydrogen-bond acceptors (Lipinski definition) is 4. The average molecular weight is 437 g/mol. The van der Waals surface area contributed by atoms with Crippen LogP contribution in [0.2, 0.25) is 5.02 Å². The summed E-state index contributed by atoms with van der Waals surface area (Å²) in [5.74, 6) is 0. The number of benzene rings is 1. The SMILES string of the molecule is O=C(NCCc1cccnc1)NC[C@H]1CCCCN1S(=O)(=O)c1ccc(Cl)cc1. The van der Waals surface area contributed by atoms with Crippen LogP contribution in [0.5, 0.6) is 0 Å². The number of urea groups is 1. The molecule has 2 heterocycles. The number of sulfonamides is 1. The summed E-state index contributed by atoms with van der Waals surface area (Å²) >= 11 is 5.88. The Balaban J connectivity index is 1.54. The summed E-state index contributed by atoms with van der Waals surface area (Å²) in [6, 6.07) is 9.41. The molecule has 1 aromatic carbocycles. The lowest BCUT2D eigenvalue weighted by Gasteiger charge is -2.34. The average Bonchev–Trinajstić information content (AvgIpc) is 2.73. The van der Waals surface area contributed by atoms with Crippen LogP contribution in [0.15, 0.2) is 53.7 Å². The van der Waals surface area contributed by atoms with Crippen molar-refractivity contribution in [3.05, 3.63) is 59.4 Å². The molecule has 0 unspecified atom stereocenters. The monoisotopic (exact) mass is 436 g/mol. The molecule has 2 N–H and O–H groups in total. The summed E-state index contributed by atoms with van der Waals surface area (Å²) in [6.45, 7) is 1.19. The number of carbonyl (C=O) groups excluding carboxylic acids is 1. The van der Waals surface area contributed by atoms with Gasteiger partial charge in [-0.25, -0.2) is 13.2 Å². The Morgan fingerprint density at radius 3 is 2.69 bits per heavy atom. The van der Waals surface area contributed by atoms with Crippen LogP contribution in [-0.4, -0.2) is 49.4 Å². The van der Waals surface area contributed by atoms with Crippen molar-refractivity contribution < 1.29 is 13.2 Å². The molecule has 3 rings (SSSR count). The summed E-state index contributed by atoms with van der Waals surface area (Å²) < 4.78 is 27.6. The van der Waals surface area contributed by atoms with Gasteiger partial charge in [-0.1, -0.05) is 24.1 Å². The normalized spacial score (nSPS) is 17.6. The Morgan fingerprint density at radius 2 is 1.97 bits per heavy atom. The second-order valence-electron chi connectivity index (χ2n) is 6.97. The van der Waals surface area contributed by atoms with Crippen molar-refractivity contribution >= 4 is 27.7 Å². The van der Waals surface area contributed by atoms with Crippen LogP contribution in [0, 0.1) is 0 Å². The highest BCUT2D eigenvalue weighted by Crippen LogP contribution is 2.26. The minimum absolute atomic E-state index is 0.217. The minimum atomic E-state index is -3.63. The van der Waals surface area contributed by atoms with E-state index >= 15 is 0 Å². The predicted molar refractivity (Wildman–Crippen MR) is 112 cm³/mol. The fourth-order valence-electron chi connectivity index (χ4n) is 3.38. The van der Waals surface area contributed by atoms with Crippen molar-refractivity contribution in [1.82, 2.24) is 19.9 Å². The zero-order chi connectivity index (χ0) is 20.7. The van der Waals surface area contributed by atoms with Crippen LogP contribution in [0.1, 0.15) is 24.8 Å². The highest BCUT2D eigenvalue weighted by atomic mass is 35.5. The van der Waals surface area contributed by atoms with Gasteiger partial charge in [0.15, 0.2) is 0 Å². The van der Waals surface area contributed by atoms with Gasteiger partial charge in [-0.05, 0) is 55.2 Å². The predicted octanol–water partition coefficient (Wildman–Crippen LogP) is 2.82. The van der Waals surface area contributed by atoms with Gasteiger partial charge in [0, 0.05) is 43.1 Å². The van der Waals surface area contributed by atoms with Crippen LogP contribution in [0.4, 0.5) is 4.79 Å². The van der Waals surface area contributed by atoms with Gasteiger partial charge in [-0.3, -0.25) is 4.98 Å². The first-order chi connectivity index (χ1) is 14.0. The molecule has 1 aliphatic rings. The molecule has 9 heteroatoms. The number of nitrogens with one attached hydrogen (secondary N) is 2. The van der Waals surface area contributed by atoms with Crippen molar-refractivity contribution in [3.8, 4) is 0 Å². The number of pyridine rings is 1. The molecule has 0 radical (unpaired) electrons. The molecule has 1 aliphatic heterocycles. The molecule has 1 aromatic heterocycles. The molecule has 7 nitrogen and oxygen atoms in total. The van der Waals surface area contributed by atoms with E-state index in [2.05, 4.69) is 15.6 Å². The van der Waals surface area contributed by atoms with Gasteiger partial charge in [-0.2, -0.15) is 4.31 Å². The van der Waals surface area contributed by atoms with E-state index in [0.29, 0.717) is 31.0 Å². The van der Waals surface area contributed by atoms with Gasteiger partial charge in [0.05, 0.1) is 4.90 Å². The van der Waals surface area contributed by atoms with Crippen LogP contribution in [0.25, 0.3) is 0 Å². The second kappa shape index (κ2) is 10.0. The first kappa shape index (κ1) is 21.5. The number of piperidine rings is 1. The number of carbonyl (C=O) groups is 1. The van der Waals surface area contributed by atoms with E-state index in [0.717, 1.165) is 18.4 Å². The summed E-state index contributed by atoms with van der Waals surface area (Å²) in [4.78, 5) is 16.4. The topological polar surface area (TPSA) is 91.4 Å². The summed E-state index contributed by atoms with van der Waals surface area (Å²) in [5.41, 5.74) is 1.04. The molecular formula is C20H25ClN4O3S. The van der Waals surface area contributed by atoms with E-state index in [4.69, 9.17) is 11.6 Å². The third-order valence-electron chi connectivity index (χ3n) is 4.91. The zero-order valence-electron chi connectivity index (χ0n) is 16.1.